The summed E-state index contributed by atoms with van der Waals surface area (Å²) in [5.74, 6) is 0.0306. The number of anilines is 1. The summed E-state index contributed by atoms with van der Waals surface area (Å²) in [6.07, 6.45) is 0.582. The third-order valence-corrected chi connectivity index (χ3v) is 2.57. The zero-order chi connectivity index (χ0) is 14.1. The van der Waals surface area contributed by atoms with Gasteiger partial charge < -0.3 is 15.4 Å². The molecule has 0 saturated carbocycles. The Hall–Kier alpha value is -1.55. The van der Waals surface area contributed by atoms with Crippen LogP contribution in [-0.2, 0) is 9.53 Å². The SMILES string of the molecule is CC(C)OCCC(=O)N[C@H](C)CNc1ccccc1. The molecule has 0 aliphatic carbocycles. The minimum atomic E-state index is 0.0306. The van der Waals surface area contributed by atoms with Crippen LogP contribution in [0.4, 0.5) is 5.69 Å². The van der Waals surface area contributed by atoms with Crippen molar-refractivity contribution < 1.29 is 9.53 Å². The topological polar surface area (TPSA) is 50.4 Å². The molecule has 0 spiro atoms. The van der Waals surface area contributed by atoms with E-state index in [0.717, 1.165) is 5.69 Å². The summed E-state index contributed by atoms with van der Waals surface area (Å²) in [6, 6.07) is 10.0. The molecule has 0 heterocycles. The highest BCUT2D eigenvalue weighted by Crippen LogP contribution is 2.04. The van der Waals surface area contributed by atoms with Crippen molar-refractivity contribution in [2.24, 2.45) is 0 Å². The van der Waals surface area contributed by atoms with Gasteiger partial charge in [0.25, 0.3) is 0 Å². The Morgan fingerprint density at radius 1 is 1.21 bits per heavy atom. The molecule has 4 heteroatoms. The van der Waals surface area contributed by atoms with Crippen LogP contribution in [-0.4, -0.2) is 31.2 Å². The predicted molar refractivity (Wildman–Crippen MR) is 78.2 cm³/mol. The fourth-order valence-corrected chi connectivity index (χ4v) is 1.61. The number of carbonyl (C=O) groups is 1. The van der Waals surface area contributed by atoms with Crippen LogP contribution in [0.25, 0.3) is 0 Å². The van der Waals surface area contributed by atoms with Crippen LogP contribution < -0.4 is 10.6 Å². The number of rotatable bonds is 8. The van der Waals surface area contributed by atoms with Crippen LogP contribution in [0.5, 0.6) is 0 Å². The molecular weight excluding hydrogens is 240 g/mol. The molecule has 1 atom stereocenters. The molecular formula is C15H24N2O2. The summed E-state index contributed by atoms with van der Waals surface area (Å²) in [7, 11) is 0. The van der Waals surface area contributed by atoms with Gasteiger partial charge in [-0.3, -0.25) is 4.79 Å². The third-order valence-electron chi connectivity index (χ3n) is 2.57. The molecule has 1 amide bonds. The minimum absolute atomic E-state index is 0.0306. The van der Waals surface area contributed by atoms with Crippen LogP contribution in [0.1, 0.15) is 27.2 Å². The van der Waals surface area contributed by atoms with Gasteiger partial charge in [0, 0.05) is 24.7 Å². The lowest BCUT2D eigenvalue weighted by Crippen LogP contribution is -2.37. The zero-order valence-electron chi connectivity index (χ0n) is 12.0. The highest BCUT2D eigenvalue weighted by molar-refractivity contribution is 5.76. The minimum Gasteiger partial charge on any atom is -0.383 e. The fraction of sp³-hybridized carbons (Fsp3) is 0.533. The van der Waals surface area contributed by atoms with Crippen LogP contribution in [0.2, 0.25) is 0 Å². The van der Waals surface area contributed by atoms with Crippen molar-refractivity contribution in [2.45, 2.75) is 39.3 Å². The Labute approximate surface area is 115 Å². The van der Waals surface area contributed by atoms with E-state index in [0.29, 0.717) is 19.6 Å². The van der Waals surface area contributed by atoms with Crippen LogP contribution in [0.3, 0.4) is 0 Å². The van der Waals surface area contributed by atoms with Gasteiger partial charge >= 0.3 is 0 Å². The van der Waals surface area contributed by atoms with Crippen LogP contribution in [0.15, 0.2) is 30.3 Å². The van der Waals surface area contributed by atoms with E-state index < -0.39 is 0 Å². The molecule has 106 valence electrons. The number of para-hydroxylation sites is 1. The van der Waals surface area contributed by atoms with E-state index in [9.17, 15) is 4.79 Å². The monoisotopic (exact) mass is 264 g/mol. The summed E-state index contributed by atoms with van der Waals surface area (Å²) in [6.45, 7) is 7.09. The third kappa shape index (κ3) is 7.47. The van der Waals surface area contributed by atoms with E-state index in [4.69, 9.17) is 4.74 Å². The molecule has 0 aliphatic rings. The maximum atomic E-state index is 11.6. The first kappa shape index (κ1) is 15.5. The van der Waals surface area contributed by atoms with Gasteiger partial charge in [0.05, 0.1) is 12.7 Å². The molecule has 0 unspecified atom stereocenters. The van der Waals surface area contributed by atoms with Crippen molar-refractivity contribution in [3.63, 3.8) is 0 Å². The summed E-state index contributed by atoms with van der Waals surface area (Å²) in [5.41, 5.74) is 1.06. The Morgan fingerprint density at radius 2 is 1.89 bits per heavy atom. The van der Waals surface area contributed by atoms with Gasteiger partial charge in [-0.25, -0.2) is 0 Å². The van der Waals surface area contributed by atoms with E-state index in [1.54, 1.807) is 0 Å². The fourth-order valence-electron chi connectivity index (χ4n) is 1.61. The smallest absolute Gasteiger partial charge is 0.222 e. The summed E-state index contributed by atoms with van der Waals surface area (Å²) in [5, 5.41) is 6.22. The molecule has 0 radical (unpaired) electrons. The lowest BCUT2D eigenvalue weighted by Gasteiger charge is -2.16. The molecule has 1 aromatic rings. The first-order valence-corrected chi connectivity index (χ1v) is 6.78. The molecule has 4 nitrogen and oxygen atoms in total. The maximum Gasteiger partial charge on any atom is 0.222 e. The Kier molecular flexibility index (Phi) is 6.97. The Balaban J connectivity index is 2.16. The van der Waals surface area contributed by atoms with Gasteiger partial charge in [-0.15, -0.1) is 0 Å². The number of carbonyl (C=O) groups excluding carboxylic acids is 1. The summed E-state index contributed by atoms with van der Waals surface area (Å²) < 4.78 is 5.35. The van der Waals surface area contributed by atoms with Gasteiger partial charge in [0.1, 0.15) is 0 Å². The van der Waals surface area contributed by atoms with Crippen molar-refractivity contribution in [2.75, 3.05) is 18.5 Å². The molecule has 0 saturated heterocycles. The second-order valence-electron chi connectivity index (χ2n) is 4.89. The van der Waals surface area contributed by atoms with Gasteiger partial charge in [-0.2, -0.15) is 0 Å². The maximum absolute atomic E-state index is 11.6. The molecule has 0 aromatic heterocycles. The van der Waals surface area contributed by atoms with E-state index in [1.807, 2.05) is 51.1 Å². The molecule has 1 aromatic carbocycles. The van der Waals surface area contributed by atoms with Crippen molar-refractivity contribution in [3.05, 3.63) is 30.3 Å². The van der Waals surface area contributed by atoms with E-state index in [2.05, 4.69) is 10.6 Å². The predicted octanol–water partition coefficient (Wildman–Crippen LogP) is 2.42. The van der Waals surface area contributed by atoms with E-state index in [-0.39, 0.29) is 18.1 Å². The number of ether oxygens (including phenoxy) is 1. The van der Waals surface area contributed by atoms with Crippen molar-refractivity contribution in [1.29, 1.82) is 0 Å². The second kappa shape index (κ2) is 8.53. The van der Waals surface area contributed by atoms with Crippen LogP contribution in [0, 0.1) is 0 Å². The second-order valence-corrected chi connectivity index (χ2v) is 4.89. The number of hydrogen-bond acceptors (Lipinski definition) is 3. The molecule has 1 rings (SSSR count). The normalized spacial score (nSPS) is 12.2. The molecule has 2 N–H and O–H groups in total. The zero-order valence-corrected chi connectivity index (χ0v) is 12.0. The van der Waals surface area contributed by atoms with Crippen molar-refractivity contribution in [3.8, 4) is 0 Å². The van der Waals surface area contributed by atoms with Gasteiger partial charge in [0.15, 0.2) is 0 Å². The molecule has 0 aliphatic heterocycles. The first-order valence-electron chi connectivity index (χ1n) is 6.78. The first-order chi connectivity index (χ1) is 9.08. The standard InChI is InChI=1S/C15H24N2O2/c1-12(2)19-10-9-15(18)17-13(3)11-16-14-7-5-4-6-8-14/h4-8,12-13,16H,9-11H2,1-3H3,(H,17,18)/t13-/m1/s1. The average molecular weight is 264 g/mol. The highest BCUT2D eigenvalue weighted by Gasteiger charge is 2.07. The molecule has 0 fully saturated rings. The van der Waals surface area contributed by atoms with Crippen LogP contribution >= 0.6 is 0 Å². The quantitative estimate of drug-likeness (QED) is 0.758. The molecule has 0 bridgehead atoms. The Bertz CT molecular complexity index is 366. The highest BCUT2D eigenvalue weighted by atomic mass is 16.5. The number of nitrogens with one attached hydrogen (secondary N) is 2. The van der Waals surface area contributed by atoms with Gasteiger partial charge in [-0.1, -0.05) is 18.2 Å². The van der Waals surface area contributed by atoms with E-state index >= 15 is 0 Å². The van der Waals surface area contributed by atoms with Gasteiger partial charge in [-0.05, 0) is 32.9 Å². The largest absolute Gasteiger partial charge is 0.383 e. The average Bonchev–Trinajstić information content (AvgIpc) is 2.37. The summed E-state index contributed by atoms with van der Waals surface area (Å²) >= 11 is 0. The lowest BCUT2D eigenvalue weighted by atomic mass is 10.2. The van der Waals surface area contributed by atoms with Crippen molar-refractivity contribution >= 4 is 11.6 Å². The summed E-state index contributed by atoms with van der Waals surface area (Å²) in [4.78, 5) is 11.6. The van der Waals surface area contributed by atoms with Gasteiger partial charge in [0.2, 0.25) is 5.91 Å². The number of amides is 1. The molecule has 19 heavy (non-hydrogen) atoms. The number of hydrogen-bond donors (Lipinski definition) is 2. The number of benzene rings is 1. The lowest BCUT2D eigenvalue weighted by molar-refractivity contribution is -0.123. The Morgan fingerprint density at radius 3 is 2.53 bits per heavy atom. The van der Waals surface area contributed by atoms with Crippen molar-refractivity contribution in [1.82, 2.24) is 5.32 Å². The van der Waals surface area contributed by atoms with E-state index in [1.165, 1.54) is 0 Å².